The lowest BCUT2D eigenvalue weighted by atomic mass is 10.2. The Morgan fingerprint density at radius 3 is 2.76 bits per heavy atom. The van der Waals surface area contributed by atoms with E-state index in [4.69, 9.17) is 14.7 Å². The standard InChI is InChI=1S/C23H21N5O/c1-2-9-21-20(8-1)23(27-22(26-21)17-6-5-11-24-14-17)28-13-10-19(15-28)29-16-18-7-3-4-12-25-18/h1-9,11-12,14,19H,10,13,15-16H2. The van der Waals surface area contributed by atoms with Gasteiger partial charge in [0.15, 0.2) is 5.82 Å². The Balaban J connectivity index is 1.41. The molecule has 0 amide bonds. The highest BCUT2D eigenvalue weighted by Crippen LogP contribution is 2.30. The van der Waals surface area contributed by atoms with Gasteiger partial charge >= 0.3 is 0 Å². The summed E-state index contributed by atoms with van der Waals surface area (Å²) in [5.41, 5.74) is 2.81. The number of rotatable bonds is 5. The van der Waals surface area contributed by atoms with Crippen molar-refractivity contribution in [3.8, 4) is 11.4 Å². The lowest BCUT2D eigenvalue weighted by Crippen LogP contribution is -2.24. The summed E-state index contributed by atoms with van der Waals surface area (Å²) in [4.78, 5) is 20.5. The van der Waals surface area contributed by atoms with Gasteiger partial charge in [-0.2, -0.15) is 0 Å². The third kappa shape index (κ3) is 3.79. The summed E-state index contributed by atoms with van der Waals surface area (Å²) in [6.45, 7) is 2.24. The van der Waals surface area contributed by atoms with E-state index in [1.165, 1.54) is 0 Å². The Kier molecular flexibility index (Phi) is 4.84. The van der Waals surface area contributed by atoms with E-state index >= 15 is 0 Å². The van der Waals surface area contributed by atoms with Crippen LogP contribution in [-0.2, 0) is 11.3 Å². The first-order chi connectivity index (χ1) is 14.4. The molecule has 1 aliphatic heterocycles. The van der Waals surface area contributed by atoms with Crippen molar-refractivity contribution in [3.63, 3.8) is 0 Å². The molecule has 4 heterocycles. The maximum Gasteiger partial charge on any atom is 0.163 e. The van der Waals surface area contributed by atoms with Crippen molar-refractivity contribution in [1.82, 2.24) is 19.9 Å². The number of aromatic nitrogens is 4. The molecule has 0 aliphatic carbocycles. The van der Waals surface area contributed by atoms with Crippen molar-refractivity contribution in [2.45, 2.75) is 19.1 Å². The molecule has 0 radical (unpaired) electrons. The molecule has 1 fully saturated rings. The number of pyridine rings is 2. The second-order valence-corrected chi connectivity index (χ2v) is 7.12. The van der Waals surface area contributed by atoms with Gasteiger partial charge in [0.05, 0.1) is 23.9 Å². The third-order valence-corrected chi connectivity index (χ3v) is 5.14. The SMILES string of the molecule is c1ccc(COC2CCN(c3nc(-c4cccnc4)nc4ccccc34)C2)nc1. The largest absolute Gasteiger partial charge is 0.370 e. The zero-order valence-corrected chi connectivity index (χ0v) is 16.0. The smallest absolute Gasteiger partial charge is 0.163 e. The molecule has 3 aromatic heterocycles. The summed E-state index contributed by atoms with van der Waals surface area (Å²) < 4.78 is 6.11. The lowest BCUT2D eigenvalue weighted by Gasteiger charge is -2.20. The van der Waals surface area contributed by atoms with Gasteiger partial charge in [-0.3, -0.25) is 9.97 Å². The first-order valence-corrected chi connectivity index (χ1v) is 9.80. The Morgan fingerprint density at radius 2 is 1.90 bits per heavy atom. The van der Waals surface area contributed by atoms with Gasteiger partial charge in [0.1, 0.15) is 5.82 Å². The van der Waals surface area contributed by atoms with E-state index in [1.54, 1.807) is 18.6 Å². The van der Waals surface area contributed by atoms with Crippen molar-refractivity contribution in [3.05, 3.63) is 78.9 Å². The fraction of sp³-hybridized carbons (Fsp3) is 0.217. The molecule has 0 N–H and O–H groups in total. The highest BCUT2D eigenvalue weighted by atomic mass is 16.5. The number of hydrogen-bond acceptors (Lipinski definition) is 6. The van der Waals surface area contributed by atoms with Gasteiger partial charge in [-0.25, -0.2) is 9.97 Å². The van der Waals surface area contributed by atoms with Crippen LogP contribution in [0.3, 0.4) is 0 Å². The summed E-state index contributed by atoms with van der Waals surface area (Å²) in [5, 5.41) is 1.06. The molecule has 1 aliphatic rings. The predicted octanol–water partition coefficient (Wildman–Crippen LogP) is 3.88. The molecule has 6 nitrogen and oxygen atoms in total. The van der Waals surface area contributed by atoms with Gasteiger partial charge in [0, 0.05) is 42.6 Å². The second-order valence-electron chi connectivity index (χ2n) is 7.12. The molecule has 0 spiro atoms. The average molecular weight is 383 g/mol. The lowest BCUT2D eigenvalue weighted by molar-refractivity contribution is 0.0533. The normalized spacial score (nSPS) is 16.4. The van der Waals surface area contributed by atoms with E-state index in [0.717, 1.165) is 47.5 Å². The quantitative estimate of drug-likeness (QED) is 0.521. The van der Waals surface area contributed by atoms with Crippen molar-refractivity contribution in [1.29, 1.82) is 0 Å². The number of ether oxygens (including phenoxy) is 1. The van der Waals surface area contributed by atoms with Crippen LogP contribution in [0.15, 0.2) is 73.2 Å². The Bertz CT molecular complexity index is 1100. The number of para-hydroxylation sites is 1. The van der Waals surface area contributed by atoms with E-state index in [1.807, 2.05) is 48.5 Å². The van der Waals surface area contributed by atoms with Gasteiger partial charge in [0.25, 0.3) is 0 Å². The van der Waals surface area contributed by atoms with Gasteiger partial charge < -0.3 is 9.64 Å². The van der Waals surface area contributed by atoms with Crippen molar-refractivity contribution in [2.75, 3.05) is 18.0 Å². The molecule has 1 atom stereocenters. The van der Waals surface area contributed by atoms with Crippen molar-refractivity contribution in [2.24, 2.45) is 0 Å². The Morgan fingerprint density at radius 1 is 0.966 bits per heavy atom. The maximum atomic E-state index is 6.11. The fourth-order valence-electron chi connectivity index (χ4n) is 3.67. The van der Waals surface area contributed by atoms with E-state index in [-0.39, 0.29) is 6.10 Å². The molecule has 1 saturated heterocycles. The molecular weight excluding hydrogens is 362 g/mol. The van der Waals surface area contributed by atoms with Crippen molar-refractivity contribution < 1.29 is 4.74 Å². The summed E-state index contributed by atoms with van der Waals surface area (Å²) in [7, 11) is 0. The topological polar surface area (TPSA) is 64.0 Å². The van der Waals surface area contributed by atoms with Crippen LogP contribution in [0.2, 0.25) is 0 Å². The molecule has 5 rings (SSSR count). The highest BCUT2D eigenvalue weighted by Gasteiger charge is 2.26. The Hall–Kier alpha value is -3.38. The van der Waals surface area contributed by atoms with E-state index in [0.29, 0.717) is 12.4 Å². The predicted molar refractivity (Wildman–Crippen MR) is 112 cm³/mol. The van der Waals surface area contributed by atoms with Crippen LogP contribution in [0, 0.1) is 0 Å². The minimum atomic E-state index is 0.160. The van der Waals surface area contributed by atoms with Crippen LogP contribution < -0.4 is 4.90 Å². The zero-order chi connectivity index (χ0) is 19.5. The molecular formula is C23H21N5O. The fourth-order valence-corrected chi connectivity index (χ4v) is 3.67. The summed E-state index contributed by atoms with van der Waals surface area (Å²) in [6.07, 6.45) is 6.49. The molecule has 0 bridgehead atoms. The molecule has 29 heavy (non-hydrogen) atoms. The number of fused-ring (bicyclic) bond motifs is 1. The summed E-state index contributed by atoms with van der Waals surface area (Å²) in [6, 6.07) is 17.9. The van der Waals surface area contributed by atoms with E-state index in [9.17, 15) is 0 Å². The van der Waals surface area contributed by atoms with Crippen LogP contribution in [0.25, 0.3) is 22.3 Å². The summed E-state index contributed by atoms with van der Waals surface area (Å²) >= 11 is 0. The average Bonchev–Trinajstić information content (AvgIpc) is 3.27. The molecule has 1 aromatic carbocycles. The number of nitrogens with zero attached hydrogens (tertiary/aromatic N) is 5. The van der Waals surface area contributed by atoms with Crippen LogP contribution >= 0.6 is 0 Å². The van der Waals surface area contributed by atoms with Gasteiger partial charge in [0.2, 0.25) is 0 Å². The minimum absolute atomic E-state index is 0.160. The van der Waals surface area contributed by atoms with Gasteiger partial charge in [-0.05, 0) is 42.8 Å². The van der Waals surface area contributed by atoms with Crippen molar-refractivity contribution >= 4 is 16.7 Å². The number of anilines is 1. The van der Waals surface area contributed by atoms with E-state index < -0.39 is 0 Å². The van der Waals surface area contributed by atoms with Crippen LogP contribution in [0.5, 0.6) is 0 Å². The van der Waals surface area contributed by atoms with Gasteiger partial charge in [-0.15, -0.1) is 0 Å². The Labute approximate surface area is 169 Å². The first kappa shape index (κ1) is 17.7. The molecule has 144 valence electrons. The number of hydrogen-bond donors (Lipinski definition) is 0. The molecule has 4 aromatic rings. The highest BCUT2D eigenvalue weighted by molar-refractivity contribution is 5.91. The molecule has 6 heteroatoms. The van der Waals surface area contributed by atoms with E-state index in [2.05, 4.69) is 20.9 Å². The molecule has 1 unspecified atom stereocenters. The number of benzene rings is 1. The van der Waals surface area contributed by atoms with Crippen LogP contribution in [0.1, 0.15) is 12.1 Å². The monoisotopic (exact) mass is 383 g/mol. The minimum Gasteiger partial charge on any atom is -0.370 e. The van der Waals surface area contributed by atoms with Crippen LogP contribution in [-0.4, -0.2) is 39.1 Å². The third-order valence-electron chi connectivity index (χ3n) is 5.14. The second kappa shape index (κ2) is 7.93. The van der Waals surface area contributed by atoms with Gasteiger partial charge in [-0.1, -0.05) is 18.2 Å². The first-order valence-electron chi connectivity index (χ1n) is 9.80. The maximum absolute atomic E-state index is 6.11. The molecule has 0 saturated carbocycles. The van der Waals surface area contributed by atoms with Crippen LogP contribution in [0.4, 0.5) is 5.82 Å². The summed E-state index contributed by atoms with van der Waals surface area (Å²) in [5.74, 6) is 1.66. The zero-order valence-electron chi connectivity index (χ0n) is 16.0.